The van der Waals surface area contributed by atoms with E-state index in [1.54, 1.807) is 0 Å². The van der Waals surface area contributed by atoms with Crippen molar-refractivity contribution in [2.24, 2.45) is 5.73 Å². The third kappa shape index (κ3) is 4.64. The van der Waals surface area contributed by atoms with Crippen LogP contribution in [0.2, 0.25) is 0 Å². The highest BCUT2D eigenvalue weighted by Crippen LogP contribution is 2.19. The van der Waals surface area contributed by atoms with Crippen molar-refractivity contribution < 1.29 is 9.53 Å². The van der Waals surface area contributed by atoms with Crippen LogP contribution in [-0.2, 0) is 9.53 Å². The molecule has 1 heterocycles. The van der Waals surface area contributed by atoms with Gasteiger partial charge in [-0.3, -0.25) is 9.69 Å². The molecular weight excluding hydrogens is 216 g/mol. The van der Waals surface area contributed by atoms with Crippen LogP contribution in [0.3, 0.4) is 0 Å². The van der Waals surface area contributed by atoms with Gasteiger partial charge in [0.05, 0.1) is 6.61 Å². The predicted octanol–water partition coefficient (Wildman–Crippen LogP) is 1.53. The zero-order chi connectivity index (χ0) is 12.7. The molecule has 1 fully saturated rings. The van der Waals surface area contributed by atoms with E-state index >= 15 is 0 Å². The van der Waals surface area contributed by atoms with E-state index in [9.17, 15) is 4.79 Å². The molecule has 0 aromatic carbocycles. The minimum Gasteiger partial charge on any atom is -0.465 e. The van der Waals surface area contributed by atoms with Crippen LogP contribution in [0.15, 0.2) is 0 Å². The smallest absolute Gasteiger partial charge is 0.324 e. The molecule has 0 aromatic rings. The van der Waals surface area contributed by atoms with Crippen molar-refractivity contribution in [2.75, 3.05) is 19.7 Å². The molecule has 100 valence electrons. The Hall–Kier alpha value is -0.610. The van der Waals surface area contributed by atoms with Gasteiger partial charge < -0.3 is 10.5 Å². The number of ether oxygens (including phenoxy) is 1. The molecule has 17 heavy (non-hydrogen) atoms. The fraction of sp³-hybridized carbons (Fsp3) is 0.923. The molecule has 0 saturated carbocycles. The Bertz CT molecular complexity index is 233. The van der Waals surface area contributed by atoms with Crippen molar-refractivity contribution in [3.63, 3.8) is 0 Å². The van der Waals surface area contributed by atoms with Gasteiger partial charge in [-0.15, -0.1) is 0 Å². The molecule has 4 nitrogen and oxygen atoms in total. The first-order chi connectivity index (χ1) is 8.19. The molecule has 2 N–H and O–H groups in total. The standard InChI is InChI=1S/C13H26N2O2/c1-3-11-8-6-5-7-9-15(11)10-12(14)13(16)17-4-2/h11-12H,3-10,14H2,1-2H3. The summed E-state index contributed by atoms with van der Waals surface area (Å²) in [4.78, 5) is 13.9. The summed E-state index contributed by atoms with van der Waals surface area (Å²) in [7, 11) is 0. The topological polar surface area (TPSA) is 55.6 Å². The summed E-state index contributed by atoms with van der Waals surface area (Å²) in [6.45, 7) is 6.12. The molecular formula is C13H26N2O2. The number of esters is 1. The largest absolute Gasteiger partial charge is 0.465 e. The van der Waals surface area contributed by atoms with Gasteiger partial charge in [-0.05, 0) is 32.7 Å². The maximum atomic E-state index is 11.5. The van der Waals surface area contributed by atoms with E-state index in [2.05, 4.69) is 11.8 Å². The molecule has 1 aliphatic rings. The van der Waals surface area contributed by atoms with Crippen LogP contribution in [0.4, 0.5) is 0 Å². The second-order valence-electron chi connectivity index (χ2n) is 4.76. The highest BCUT2D eigenvalue weighted by molar-refractivity contribution is 5.75. The summed E-state index contributed by atoms with van der Waals surface area (Å²) in [5.74, 6) is -0.272. The van der Waals surface area contributed by atoms with Gasteiger partial charge in [0.1, 0.15) is 6.04 Å². The fourth-order valence-corrected chi connectivity index (χ4v) is 2.52. The number of rotatable bonds is 5. The molecule has 1 saturated heterocycles. The number of carbonyl (C=O) groups excluding carboxylic acids is 1. The first-order valence-corrected chi connectivity index (χ1v) is 6.85. The van der Waals surface area contributed by atoms with Crippen molar-refractivity contribution in [3.05, 3.63) is 0 Å². The highest BCUT2D eigenvalue weighted by Gasteiger charge is 2.24. The molecule has 0 spiro atoms. The molecule has 0 bridgehead atoms. The van der Waals surface area contributed by atoms with Gasteiger partial charge in [-0.1, -0.05) is 19.8 Å². The molecule has 1 rings (SSSR count). The van der Waals surface area contributed by atoms with Gasteiger partial charge in [-0.2, -0.15) is 0 Å². The summed E-state index contributed by atoms with van der Waals surface area (Å²) in [6.07, 6.45) is 6.17. The first kappa shape index (κ1) is 14.5. The number of nitrogens with zero attached hydrogens (tertiary/aromatic N) is 1. The normalized spacial score (nSPS) is 24.1. The van der Waals surface area contributed by atoms with Crippen LogP contribution in [0.5, 0.6) is 0 Å². The van der Waals surface area contributed by atoms with Crippen molar-refractivity contribution in [3.8, 4) is 0 Å². The number of likely N-dealkylation sites (tertiary alicyclic amines) is 1. The van der Waals surface area contributed by atoms with Crippen molar-refractivity contribution in [1.29, 1.82) is 0 Å². The average molecular weight is 242 g/mol. The SMILES string of the molecule is CCOC(=O)C(N)CN1CCCCCC1CC. The molecule has 1 aliphatic heterocycles. The number of hydrogen-bond donors (Lipinski definition) is 1. The number of nitrogens with two attached hydrogens (primary N) is 1. The van der Waals surface area contributed by atoms with Gasteiger partial charge in [-0.25, -0.2) is 0 Å². The Balaban J connectivity index is 2.48. The Morgan fingerprint density at radius 3 is 2.82 bits per heavy atom. The number of carbonyl (C=O) groups is 1. The summed E-state index contributed by atoms with van der Waals surface area (Å²) < 4.78 is 4.95. The predicted molar refractivity (Wildman–Crippen MR) is 68.7 cm³/mol. The lowest BCUT2D eigenvalue weighted by Gasteiger charge is -2.30. The molecule has 0 amide bonds. The van der Waals surface area contributed by atoms with Crippen molar-refractivity contribution >= 4 is 5.97 Å². The van der Waals surface area contributed by atoms with E-state index < -0.39 is 6.04 Å². The van der Waals surface area contributed by atoms with Crippen molar-refractivity contribution in [1.82, 2.24) is 4.90 Å². The zero-order valence-corrected chi connectivity index (χ0v) is 11.2. The first-order valence-electron chi connectivity index (χ1n) is 6.85. The van der Waals surface area contributed by atoms with Crippen LogP contribution in [0, 0.1) is 0 Å². The molecule has 4 heteroatoms. The minimum atomic E-state index is -0.498. The second-order valence-corrected chi connectivity index (χ2v) is 4.76. The lowest BCUT2D eigenvalue weighted by Crippen LogP contribution is -2.47. The second kappa shape index (κ2) is 7.67. The maximum Gasteiger partial charge on any atom is 0.324 e. The number of hydrogen-bond acceptors (Lipinski definition) is 4. The Morgan fingerprint density at radius 1 is 1.41 bits per heavy atom. The Morgan fingerprint density at radius 2 is 2.18 bits per heavy atom. The molecule has 0 aromatic heterocycles. The molecule has 2 atom stereocenters. The van der Waals surface area contributed by atoms with Gasteiger partial charge in [0.2, 0.25) is 0 Å². The van der Waals surface area contributed by atoms with E-state index in [1.165, 1.54) is 25.7 Å². The monoisotopic (exact) mass is 242 g/mol. The Labute approximate surface area is 104 Å². The fourth-order valence-electron chi connectivity index (χ4n) is 2.52. The van der Waals surface area contributed by atoms with Crippen LogP contribution < -0.4 is 5.73 Å². The lowest BCUT2D eigenvalue weighted by molar-refractivity contribution is -0.145. The van der Waals surface area contributed by atoms with Gasteiger partial charge in [0.25, 0.3) is 0 Å². The van der Waals surface area contributed by atoms with Gasteiger partial charge in [0.15, 0.2) is 0 Å². The summed E-state index contributed by atoms with van der Waals surface area (Å²) in [5.41, 5.74) is 5.89. The quantitative estimate of drug-likeness (QED) is 0.743. The highest BCUT2D eigenvalue weighted by atomic mass is 16.5. The van der Waals surface area contributed by atoms with Crippen LogP contribution in [0.1, 0.15) is 46.0 Å². The van der Waals surface area contributed by atoms with E-state index in [4.69, 9.17) is 10.5 Å². The summed E-state index contributed by atoms with van der Waals surface area (Å²) >= 11 is 0. The average Bonchev–Trinajstić information content (AvgIpc) is 2.54. The molecule has 2 unspecified atom stereocenters. The lowest BCUT2D eigenvalue weighted by atomic mass is 10.1. The minimum absolute atomic E-state index is 0.272. The zero-order valence-electron chi connectivity index (χ0n) is 11.2. The van der Waals surface area contributed by atoms with Gasteiger partial charge in [0, 0.05) is 12.6 Å². The summed E-state index contributed by atoms with van der Waals surface area (Å²) in [5, 5.41) is 0. The van der Waals surface area contributed by atoms with Crippen LogP contribution in [0.25, 0.3) is 0 Å². The van der Waals surface area contributed by atoms with E-state index in [1.807, 2.05) is 6.92 Å². The van der Waals surface area contributed by atoms with Crippen molar-refractivity contribution in [2.45, 2.75) is 58.0 Å². The Kier molecular flexibility index (Phi) is 6.52. The summed E-state index contributed by atoms with van der Waals surface area (Å²) in [6, 6.07) is 0.0834. The van der Waals surface area contributed by atoms with Crippen LogP contribution >= 0.6 is 0 Å². The van der Waals surface area contributed by atoms with E-state index in [-0.39, 0.29) is 5.97 Å². The van der Waals surface area contributed by atoms with Gasteiger partial charge >= 0.3 is 5.97 Å². The maximum absolute atomic E-state index is 11.5. The third-order valence-corrected chi connectivity index (χ3v) is 3.49. The third-order valence-electron chi connectivity index (χ3n) is 3.49. The molecule has 0 radical (unpaired) electrons. The van der Waals surface area contributed by atoms with E-state index in [0.29, 0.717) is 19.2 Å². The van der Waals surface area contributed by atoms with E-state index in [0.717, 1.165) is 13.0 Å². The van der Waals surface area contributed by atoms with Crippen LogP contribution in [-0.4, -0.2) is 42.6 Å². The molecule has 0 aliphatic carbocycles.